The van der Waals surface area contributed by atoms with Crippen molar-refractivity contribution in [2.24, 2.45) is 0 Å². The van der Waals surface area contributed by atoms with Gasteiger partial charge in [-0.15, -0.1) is 0 Å². The van der Waals surface area contributed by atoms with Crippen LogP contribution < -0.4 is 10.1 Å². The van der Waals surface area contributed by atoms with E-state index in [4.69, 9.17) is 10.00 Å². The number of nitrogens with one attached hydrogen (secondary N) is 1. The van der Waals surface area contributed by atoms with E-state index >= 15 is 0 Å². The van der Waals surface area contributed by atoms with Gasteiger partial charge in [0.1, 0.15) is 5.75 Å². The summed E-state index contributed by atoms with van der Waals surface area (Å²) in [5.74, 6) is 0.324. The van der Waals surface area contributed by atoms with Gasteiger partial charge >= 0.3 is 0 Å². The third-order valence-electron chi connectivity index (χ3n) is 2.85. The van der Waals surface area contributed by atoms with Gasteiger partial charge in [-0.1, -0.05) is 15.9 Å². The minimum atomic E-state index is -0.659. The van der Waals surface area contributed by atoms with Crippen molar-refractivity contribution >= 4 is 43.5 Å². The van der Waals surface area contributed by atoms with Gasteiger partial charge in [-0.25, -0.2) is 0 Å². The predicted molar refractivity (Wildman–Crippen MR) is 91.7 cm³/mol. The number of amides is 1. The van der Waals surface area contributed by atoms with Gasteiger partial charge in [0.25, 0.3) is 5.91 Å². The Labute approximate surface area is 145 Å². The Hall–Kier alpha value is -1.84. The van der Waals surface area contributed by atoms with Gasteiger partial charge in [-0.2, -0.15) is 5.26 Å². The second kappa shape index (κ2) is 7.43. The molecule has 0 aliphatic carbocycles. The van der Waals surface area contributed by atoms with Gasteiger partial charge in [-0.3, -0.25) is 4.79 Å². The quantitative estimate of drug-likeness (QED) is 0.787. The minimum Gasteiger partial charge on any atom is -0.480 e. The molecule has 0 aromatic heterocycles. The van der Waals surface area contributed by atoms with E-state index in [0.717, 1.165) is 8.95 Å². The number of rotatable bonds is 4. The van der Waals surface area contributed by atoms with Crippen molar-refractivity contribution in [3.05, 3.63) is 57.0 Å². The molecule has 1 N–H and O–H groups in total. The predicted octanol–water partition coefficient (Wildman–Crippen LogP) is 4.49. The molecule has 0 spiro atoms. The lowest BCUT2D eigenvalue weighted by molar-refractivity contribution is -0.122. The van der Waals surface area contributed by atoms with E-state index in [1.54, 1.807) is 37.3 Å². The summed E-state index contributed by atoms with van der Waals surface area (Å²) in [6, 6.07) is 14.1. The molecule has 0 aliphatic heterocycles. The molecular weight excluding hydrogens is 412 g/mol. The first-order valence-corrected chi connectivity index (χ1v) is 8.01. The van der Waals surface area contributed by atoms with Crippen LogP contribution >= 0.6 is 31.9 Å². The van der Waals surface area contributed by atoms with E-state index < -0.39 is 6.10 Å². The van der Waals surface area contributed by atoms with Crippen LogP contribution in [0.15, 0.2) is 51.4 Å². The molecule has 0 bridgehead atoms. The van der Waals surface area contributed by atoms with Crippen LogP contribution in [-0.2, 0) is 4.79 Å². The van der Waals surface area contributed by atoms with Crippen molar-refractivity contribution in [3.8, 4) is 11.8 Å². The largest absolute Gasteiger partial charge is 0.480 e. The van der Waals surface area contributed by atoms with Gasteiger partial charge in [0.2, 0.25) is 0 Å². The molecule has 22 heavy (non-hydrogen) atoms. The van der Waals surface area contributed by atoms with Crippen LogP contribution in [0.4, 0.5) is 5.69 Å². The Morgan fingerprint density at radius 1 is 1.23 bits per heavy atom. The van der Waals surface area contributed by atoms with Crippen LogP contribution in [0.25, 0.3) is 0 Å². The minimum absolute atomic E-state index is 0.264. The molecule has 112 valence electrons. The molecule has 0 saturated carbocycles. The molecule has 1 atom stereocenters. The van der Waals surface area contributed by atoms with E-state index in [0.29, 0.717) is 17.0 Å². The maximum absolute atomic E-state index is 12.1. The molecule has 2 aromatic rings. The number of hydrogen-bond donors (Lipinski definition) is 1. The first kappa shape index (κ1) is 16.5. The Bertz CT molecular complexity index is 724. The number of carbonyl (C=O) groups is 1. The van der Waals surface area contributed by atoms with Crippen LogP contribution in [0.5, 0.6) is 5.75 Å². The maximum atomic E-state index is 12.1. The monoisotopic (exact) mass is 422 g/mol. The van der Waals surface area contributed by atoms with E-state index in [1.807, 2.05) is 18.2 Å². The molecule has 2 aromatic carbocycles. The van der Waals surface area contributed by atoms with Gasteiger partial charge < -0.3 is 10.1 Å². The SMILES string of the molecule is CC(Oc1ccc(Br)cc1Br)C(=O)Nc1ccc(C#N)cc1. The zero-order chi connectivity index (χ0) is 16.1. The third kappa shape index (κ3) is 4.33. The summed E-state index contributed by atoms with van der Waals surface area (Å²) in [4.78, 5) is 12.1. The zero-order valence-electron chi connectivity index (χ0n) is 11.6. The summed E-state index contributed by atoms with van der Waals surface area (Å²) in [5.41, 5.74) is 1.16. The summed E-state index contributed by atoms with van der Waals surface area (Å²) in [5, 5.41) is 11.5. The number of benzene rings is 2. The highest BCUT2D eigenvalue weighted by molar-refractivity contribution is 9.11. The molecule has 4 nitrogen and oxygen atoms in total. The molecular formula is C16H12Br2N2O2. The lowest BCUT2D eigenvalue weighted by atomic mass is 10.2. The fraction of sp³-hybridized carbons (Fsp3) is 0.125. The highest BCUT2D eigenvalue weighted by Crippen LogP contribution is 2.29. The molecule has 0 fully saturated rings. The van der Waals surface area contributed by atoms with Gasteiger partial charge in [0.15, 0.2) is 6.10 Å². The molecule has 6 heteroatoms. The van der Waals surface area contributed by atoms with Crippen LogP contribution in [0.2, 0.25) is 0 Å². The summed E-state index contributed by atoms with van der Waals surface area (Å²) in [6.45, 7) is 1.67. The van der Waals surface area contributed by atoms with E-state index in [-0.39, 0.29) is 5.91 Å². The van der Waals surface area contributed by atoms with Crippen molar-refractivity contribution < 1.29 is 9.53 Å². The Morgan fingerprint density at radius 2 is 1.91 bits per heavy atom. The lowest BCUT2D eigenvalue weighted by Gasteiger charge is -2.16. The maximum Gasteiger partial charge on any atom is 0.265 e. The Morgan fingerprint density at radius 3 is 2.50 bits per heavy atom. The summed E-state index contributed by atoms with van der Waals surface area (Å²) in [6.07, 6.45) is -0.659. The van der Waals surface area contributed by atoms with Crippen LogP contribution in [0.1, 0.15) is 12.5 Å². The third-order valence-corrected chi connectivity index (χ3v) is 3.96. The Kier molecular flexibility index (Phi) is 5.58. The first-order chi connectivity index (χ1) is 10.5. The zero-order valence-corrected chi connectivity index (χ0v) is 14.8. The van der Waals surface area contributed by atoms with Crippen molar-refractivity contribution in [1.82, 2.24) is 0 Å². The van der Waals surface area contributed by atoms with E-state index in [2.05, 4.69) is 37.2 Å². The van der Waals surface area contributed by atoms with E-state index in [9.17, 15) is 4.79 Å². The summed E-state index contributed by atoms with van der Waals surface area (Å²) < 4.78 is 7.33. The number of ether oxygens (including phenoxy) is 1. The van der Waals surface area contributed by atoms with Gasteiger partial charge in [-0.05, 0) is 65.3 Å². The standard InChI is InChI=1S/C16H12Br2N2O2/c1-10(22-15-7-4-12(17)8-14(15)18)16(21)20-13-5-2-11(9-19)3-6-13/h2-8,10H,1H3,(H,20,21). The molecule has 0 heterocycles. The first-order valence-electron chi connectivity index (χ1n) is 6.42. The van der Waals surface area contributed by atoms with Gasteiger partial charge in [0.05, 0.1) is 16.1 Å². The van der Waals surface area contributed by atoms with E-state index in [1.165, 1.54) is 0 Å². The molecule has 0 radical (unpaired) electrons. The summed E-state index contributed by atoms with van der Waals surface area (Å²) >= 11 is 6.75. The number of nitriles is 1. The van der Waals surface area contributed by atoms with Crippen LogP contribution in [0.3, 0.4) is 0 Å². The molecule has 2 rings (SSSR count). The molecule has 0 saturated heterocycles. The molecule has 0 aliphatic rings. The number of anilines is 1. The second-order valence-electron chi connectivity index (χ2n) is 4.51. The van der Waals surface area contributed by atoms with Crippen LogP contribution in [0, 0.1) is 11.3 Å². The number of hydrogen-bond acceptors (Lipinski definition) is 3. The van der Waals surface area contributed by atoms with Crippen molar-refractivity contribution in [2.75, 3.05) is 5.32 Å². The number of carbonyl (C=O) groups excluding carboxylic acids is 1. The van der Waals surface area contributed by atoms with Gasteiger partial charge in [0, 0.05) is 10.2 Å². The number of halogens is 2. The highest BCUT2D eigenvalue weighted by atomic mass is 79.9. The smallest absolute Gasteiger partial charge is 0.265 e. The fourth-order valence-corrected chi connectivity index (χ4v) is 2.83. The topological polar surface area (TPSA) is 62.1 Å². The Balaban J connectivity index is 2.01. The fourth-order valence-electron chi connectivity index (χ4n) is 1.69. The van der Waals surface area contributed by atoms with Crippen LogP contribution in [-0.4, -0.2) is 12.0 Å². The average Bonchev–Trinajstić information content (AvgIpc) is 2.50. The number of nitrogens with zero attached hydrogens (tertiary/aromatic N) is 1. The average molecular weight is 424 g/mol. The van der Waals surface area contributed by atoms with Crippen molar-refractivity contribution in [1.29, 1.82) is 5.26 Å². The highest BCUT2D eigenvalue weighted by Gasteiger charge is 2.16. The van der Waals surface area contributed by atoms with Crippen molar-refractivity contribution in [2.45, 2.75) is 13.0 Å². The van der Waals surface area contributed by atoms with Crippen molar-refractivity contribution in [3.63, 3.8) is 0 Å². The second-order valence-corrected chi connectivity index (χ2v) is 6.28. The summed E-state index contributed by atoms with van der Waals surface area (Å²) in [7, 11) is 0. The molecule has 1 amide bonds. The molecule has 1 unspecified atom stereocenters. The normalized spacial score (nSPS) is 11.4. The lowest BCUT2D eigenvalue weighted by Crippen LogP contribution is -2.30.